The van der Waals surface area contributed by atoms with Gasteiger partial charge in [0.1, 0.15) is 12.1 Å². The molecule has 2 atom stereocenters. The lowest BCUT2D eigenvalue weighted by Gasteiger charge is -2.15. The lowest BCUT2D eigenvalue weighted by atomic mass is 10.1. The Hall–Kier alpha value is -2.70. The Labute approximate surface area is 148 Å². The number of aliphatic imine (C=N–C) groups is 1. The Kier molecular flexibility index (Phi) is 11.3. The number of carbonyl (C=O) groups excluding carboxylic acids is 3. The Morgan fingerprint density at radius 1 is 1.24 bits per heavy atom. The van der Waals surface area contributed by atoms with Crippen LogP contribution in [0.3, 0.4) is 0 Å². The molecule has 138 valence electrons. The molecule has 1 aromatic carbocycles. The quantitative estimate of drug-likeness (QED) is 0.594. The van der Waals surface area contributed by atoms with Crippen molar-refractivity contribution in [1.29, 1.82) is 0 Å². The number of methoxy groups -OCH3 is 1. The summed E-state index contributed by atoms with van der Waals surface area (Å²) in [5.74, 6) is -0.724. The van der Waals surface area contributed by atoms with E-state index in [0.29, 0.717) is 6.42 Å². The van der Waals surface area contributed by atoms with E-state index in [4.69, 9.17) is 0 Å². The highest BCUT2D eigenvalue weighted by atomic mass is 16.5. The van der Waals surface area contributed by atoms with Gasteiger partial charge in [0.05, 0.1) is 7.11 Å². The average molecular weight is 349 g/mol. The first-order valence-corrected chi connectivity index (χ1v) is 7.93. The summed E-state index contributed by atoms with van der Waals surface area (Å²) in [5.41, 5.74) is 0.978. The zero-order chi connectivity index (χ0) is 19.2. The number of amides is 2. The number of nitrogens with one attached hydrogen (secondary N) is 2. The molecule has 0 aromatic heterocycles. The largest absolute Gasteiger partial charge is 0.467 e. The van der Waals surface area contributed by atoms with Crippen LogP contribution >= 0.6 is 0 Å². The Bertz CT molecular complexity index is 573. The fourth-order valence-corrected chi connectivity index (χ4v) is 1.93. The summed E-state index contributed by atoms with van der Waals surface area (Å²) in [6.07, 6.45) is 2.06. The molecule has 1 rings (SSSR count). The molecule has 0 aliphatic carbocycles. The number of hydrogen-bond acceptors (Lipinski definition) is 5. The molecule has 0 radical (unpaired) electrons. The first kappa shape index (κ1) is 22.3. The van der Waals surface area contributed by atoms with Crippen LogP contribution in [0.5, 0.6) is 0 Å². The number of rotatable bonds is 6. The third kappa shape index (κ3) is 9.91. The van der Waals surface area contributed by atoms with Gasteiger partial charge in [-0.2, -0.15) is 0 Å². The fourth-order valence-electron chi connectivity index (χ4n) is 1.93. The standard InChI is InChI=1S/C12H15NO3.C6H12N2O/c1-9(14)13-11(12(15)16-2)8-10-6-4-3-5-7-10;1-4-8-5(2)6(9)7-3/h3-7,11H,8H2,1-2H3,(H,13,14);4-5H,1-3H3,(H,7,9). The van der Waals surface area contributed by atoms with Crippen LogP contribution in [-0.4, -0.2) is 50.2 Å². The number of hydrogen-bond donors (Lipinski definition) is 2. The van der Waals surface area contributed by atoms with E-state index in [1.54, 1.807) is 27.1 Å². The number of benzene rings is 1. The molecule has 25 heavy (non-hydrogen) atoms. The summed E-state index contributed by atoms with van der Waals surface area (Å²) in [6, 6.07) is 8.60. The van der Waals surface area contributed by atoms with Gasteiger partial charge in [0.2, 0.25) is 11.8 Å². The summed E-state index contributed by atoms with van der Waals surface area (Å²) in [5, 5.41) is 5.06. The van der Waals surface area contributed by atoms with Gasteiger partial charge >= 0.3 is 5.97 Å². The maximum absolute atomic E-state index is 11.4. The van der Waals surface area contributed by atoms with Crippen LogP contribution in [0.15, 0.2) is 35.3 Å². The smallest absolute Gasteiger partial charge is 0.328 e. The Morgan fingerprint density at radius 3 is 2.28 bits per heavy atom. The first-order chi connectivity index (χ1) is 11.8. The van der Waals surface area contributed by atoms with Gasteiger partial charge in [0.15, 0.2) is 0 Å². The third-order valence-electron chi connectivity index (χ3n) is 3.14. The van der Waals surface area contributed by atoms with Crippen LogP contribution < -0.4 is 10.6 Å². The van der Waals surface area contributed by atoms with Crippen LogP contribution in [0.4, 0.5) is 0 Å². The van der Waals surface area contributed by atoms with Crippen LogP contribution in [-0.2, 0) is 25.5 Å². The molecule has 0 aliphatic rings. The number of nitrogens with zero attached hydrogens (tertiary/aromatic N) is 1. The van der Waals surface area contributed by atoms with Gasteiger partial charge in [-0.3, -0.25) is 14.6 Å². The highest BCUT2D eigenvalue weighted by Gasteiger charge is 2.20. The van der Waals surface area contributed by atoms with E-state index in [1.807, 2.05) is 30.3 Å². The SMILES string of the molecule is CC=NC(C)C(=O)NC.COC(=O)C(Cc1ccccc1)NC(C)=O. The molecule has 1 aromatic rings. The van der Waals surface area contributed by atoms with Crippen molar-refractivity contribution in [3.8, 4) is 0 Å². The zero-order valence-corrected chi connectivity index (χ0v) is 15.4. The molecular formula is C18H27N3O4. The predicted molar refractivity (Wildman–Crippen MR) is 97.5 cm³/mol. The van der Waals surface area contributed by atoms with Crippen molar-refractivity contribution in [3.63, 3.8) is 0 Å². The second-order valence-corrected chi connectivity index (χ2v) is 5.16. The topological polar surface area (TPSA) is 96.9 Å². The van der Waals surface area contributed by atoms with Crippen LogP contribution in [0.1, 0.15) is 26.3 Å². The number of ether oxygens (including phenoxy) is 1. The van der Waals surface area contributed by atoms with Crippen molar-refractivity contribution in [3.05, 3.63) is 35.9 Å². The molecule has 0 spiro atoms. The molecule has 7 heteroatoms. The lowest BCUT2D eigenvalue weighted by Crippen LogP contribution is -2.41. The van der Waals surface area contributed by atoms with Gasteiger partial charge in [0.25, 0.3) is 0 Å². The molecule has 0 fully saturated rings. The summed E-state index contributed by atoms with van der Waals surface area (Å²) >= 11 is 0. The molecule has 7 nitrogen and oxygen atoms in total. The van der Waals surface area contributed by atoms with E-state index in [9.17, 15) is 14.4 Å². The van der Waals surface area contributed by atoms with E-state index < -0.39 is 12.0 Å². The minimum absolute atomic E-state index is 0.0481. The molecule has 0 saturated carbocycles. The van der Waals surface area contributed by atoms with Crippen LogP contribution in [0.25, 0.3) is 0 Å². The molecule has 0 aliphatic heterocycles. The Balaban J connectivity index is 0.000000547. The maximum Gasteiger partial charge on any atom is 0.328 e. The van der Waals surface area contributed by atoms with Crippen molar-refractivity contribution in [1.82, 2.24) is 10.6 Å². The highest BCUT2D eigenvalue weighted by Crippen LogP contribution is 2.04. The van der Waals surface area contributed by atoms with E-state index >= 15 is 0 Å². The number of likely N-dealkylation sites (N-methyl/N-ethyl adjacent to an activating group) is 1. The summed E-state index contributed by atoms with van der Waals surface area (Å²) in [7, 11) is 2.91. The van der Waals surface area contributed by atoms with Gasteiger partial charge in [-0.05, 0) is 25.6 Å². The van der Waals surface area contributed by atoms with Gasteiger partial charge in [-0.1, -0.05) is 30.3 Å². The van der Waals surface area contributed by atoms with Crippen molar-refractivity contribution < 1.29 is 19.1 Å². The van der Waals surface area contributed by atoms with Crippen molar-refractivity contribution in [2.75, 3.05) is 14.2 Å². The van der Waals surface area contributed by atoms with E-state index in [-0.39, 0.29) is 17.9 Å². The molecular weight excluding hydrogens is 322 g/mol. The minimum Gasteiger partial charge on any atom is -0.467 e. The van der Waals surface area contributed by atoms with Crippen molar-refractivity contribution >= 4 is 24.0 Å². The van der Waals surface area contributed by atoms with E-state index in [0.717, 1.165) is 5.56 Å². The van der Waals surface area contributed by atoms with E-state index in [1.165, 1.54) is 14.0 Å². The molecule has 2 N–H and O–H groups in total. The summed E-state index contributed by atoms with van der Waals surface area (Å²) in [6.45, 7) is 4.92. The fraction of sp³-hybridized carbons (Fsp3) is 0.444. The first-order valence-electron chi connectivity index (χ1n) is 7.93. The minimum atomic E-state index is -0.620. The number of carbonyl (C=O) groups is 3. The van der Waals surface area contributed by atoms with Gasteiger partial charge in [-0.25, -0.2) is 4.79 Å². The molecule has 0 bridgehead atoms. The van der Waals surface area contributed by atoms with Gasteiger partial charge in [-0.15, -0.1) is 0 Å². The Morgan fingerprint density at radius 2 is 1.84 bits per heavy atom. The lowest BCUT2D eigenvalue weighted by molar-refractivity contribution is -0.144. The zero-order valence-electron chi connectivity index (χ0n) is 15.4. The van der Waals surface area contributed by atoms with Crippen LogP contribution in [0, 0.1) is 0 Å². The third-order valence-corrected chi connectivity index (χ3v) is 3.14. The summed E-state index contributed by atoms with van der Waals surface area (Å²) < 4.78 is 4.63. The molecule has 0 saturated heterocycles. The monoisotopic (exact) mass is 349 g/mol. The maximum atomic E-state index is 11.4. The van der Waals surface area contributed by atoms with Crippen molar-refractivity contribution in [2.24, 2.45) is 4.99 Å². The molecule has 2 unspecified atom stereocenters. The number of esters is 1. The summed E-state index contributed by atoms with van der Waals surface area (Å²) in [4.78, 5) is 36.9. The van der Waals surface area contributed by atoms with Crippen LogP contribution in [0.2, 0.25) is 0 Å². The van der Waals surface area contributed by atoms with E-state index in [2.05, 4.69) is 20.4 Å². The second-order valence-electron chi connectivity index (χ2n) is 5.16. The normalized spacial score (nSPS) is 12.4. The predicted octanol–water partition coefficient (Wildman–Crippen LogP) is 1.12. The van der Waals surface area contributed by atoms with Gasteiger partial charge < -0.3 is 15.4 Å². The molecule has 2 amide bonds. The average Bonchev–Trinajstić information content (AvgIpc) is 2.61. The molecule has 0 heterocycles. The second kappa shape index (κ2) is 12.7. The van der Waals surface area contributed by atoms with Gasteiger partial charge in [0, 0.05) is 20.4 Å². The van der Waals surface area contributed by atoms with Crippen molar-refractivity contribution in [2.45, 2.75) is 39.3 Å². The highest BCUT2D eigenvalue weighted by molar-refractivity contribution is 5.83.